The molecule has 0 aliphatic carbocycles. The van der Waals surface area contributed by atoms with Crippen molar-refractivity contribution in [2.24, 2.45) is 0 Å². The zero-order valence-electron chi connectivity index (χ0n) is 19.4. The molecule has 0 atom stereocenters. The molecule has 2 heterocycles. The molecule has 0 N–H and O–H groups in total. The van der Waals surface area contributed by atoms with E-state index in [0.29, 0.717) is 0 Å². The first-order chi connectivity index (χ1) is 14.4. The molecule has 5 nitrogen and oxygen atoms in total. The van der Waals surface area contributed by atoms with Gasteiger partial charge < -0.3 is 14.0 Å². The second-order valence-corrected chi connectivity index (χ2v) is 10.1. The van der Waals surface area contributed by atoms with Crippen LogP contribution in [-0.2, 0) is 14.0 Å². The minimum Gasteiger partial charge on any atom is -0.443 e. The molecule has 162 valence electrons. The lowest BCUT2D eigenvalue weighted by Gasteiger charge is -2.32. The molecule has 31 heavy (non-hydrogen) atoms. The number of fused-ring (bicyclic) bond motifs is 1. The zero-order valence-corrected chi connectivity index (χ0v) is 19.4. The summed E-state index contributed by atoms with van der Waals surface area (Å²) in [4.78, 5) is 13.2. The van der Waals surface area contributed by atoms with E-state index in [4.69, 9.17) is 14.0 Å². The van der Waals surface area contributed by atoms with Crippen molar-refractivity contribution < 1.29 is 18.8 Å². The lowest BCUT2D eigenvalue weighted by atomic mass is 9.79. The first-order valence-electron chi connectivity index (χ1n) is 10.7. The van der Waals surface area contributed by atoms with Gasteiger partial charge in [0.1, 0.15) is 5.60 Å². The van der Waals surface area contributed by atoms with E-state index in [1.54, 1.807) is 4.57 Å². The lowest BCUT2D eigenvalue weighted by Crippen LogP contribution is -2.41. The van der Waals surface area contributed by atoms with Gasteiger partial charge in [-0.15, -0.1) is 0 Å². The Hall–Kier alpha value is -2.57. The molecule has 1 saturated heterocycles. The predicted octanol–water partition coefficient (Wildman–Crippen LogP) is 5.39. The molecule has 1 fully saturated rings. The van der Waals surface area contributed by atoms with Crippen molar-refractivity contribution in [3.8, 4) is 11.3 Å². The van der Waals surface area contributed by atoms with E-state index < -0.39 is 30.0 Å². The quantitative estimate of drug-likeness (QED) is 0.523. The van der Waals surface area contributed by atoms with Crippen molar-refractivity contribution in [1.29, 1.82) is 0 Å². The van der Waals surface area contributed by atoms with Gasteiger partial charge in [-0.3, -0.25) is 0 Å². The van der Waals surface area contributed by atoms with Crippen LogP contribution in [0.15, 0.2) is 54.6 Å². The van der Waals surface area contributed by atoms with Crippen LogP contribution in [0.4, 0.5) is 4.79 Å². The molecule has 4 rings (SSSR count). The zero-order chi connectivity index (χ0) is 22.6. The highest BCUT2D eigenvalue weighted by atomic mass is 16.7. The number of benzene rings is 2. The number of nitrogens with zero attached hydrogens (tertiary/aromatic N) is 1. The highest BCUT2D eigenvalue weighted by Gasteiger charge is 2.51. The Morgan fingerprint density at radius 1 is 0.935 bits per heavy atom. The van der Waals surface area contributed by atoms with Crippen LogP contribution < -0.4 is 5.46 Å². The number of carbonyl (C=O) groups is 1. The molecular weight excluding hydrogens is 389 g/mol. The van der Waals surface area contributed by atoms with Gasteiger partial charge in [0, 0.05) is 5.39 Å². The summed E-state index contributed by atoms with van der Waals surface area (Å²) in [6.45, 7) is 13.7. The van der Waals surface area contributed by atoms with Gasteiger partial charge in [-0.1, -0.05) is 42.5 Å². The first-order valence-corrected chi connectivity index (χ1v) is 10.7. The van der Waals surface area contributed by atoms with Crippen LogP contribution in [0.1, 0.15) is 48.5 Å². The Morgan fingerprint density at radius 3 is 2.13 bits per heavy atom. The summed E-state index contributed by atoms with van der Waals surface area (Å²) in [7, 11) is -0.503. The Labute approximate surface area is 184 Å². The van der Waals surface area contributed by atoms with E-state index >= 15 is 0 Å². The van der Waals surface area contributed by atoms with Crippen molar-refractivity contribution >= 4 is 29.6 Å². The van der Waals surface area contributed by atoms with Gasteiger partial charge in [0.25, 0.3) is 0 Å². The van der Waals surface area contributed by atoms with Crippen LogP contribution >= 0.6 is 0 Å². The molecule has 6 heteroatoms. The fourth-order valence-electron chi connectivity index (χ4n) is 3.67. The van der Waals surface area contributed by atoms with Crippen molar-refractivity contribution in [1.82, 2.24) is 4.57 Å². The second kappa shape index (κ2) is 7.25. The van der Waals surface area contributed by atoms with E-state index in [1.807, 2.05) is 103 Å². The highest BCUT2D eigenvalue weighted by molar-refractivity contribution is 6.62. The molecule has 0 bridgehead atoms. The van der Waals surface area contributed by atoms with Crippen LogP contribution in [0.3, 0.4) is 0 Å². The third-order valence-corrected chi connectivity index (χ3v) is 6.00. The number of hydrogen-bond donors (Lipinski definition) is 0. The predicted molar refractivity (Wildman–Crippen MR) is 125 cm³/mol. The molecule has 1 aromatic heterocycles. The first kappa shape index (κ1) is 21.7. The molecular formula is C25H30BNO4. The fraction of sp³-hybridized carbons (Fsp3) is 0.400. The largest absolute Gasteiger partial charge is 0.494 e. The minimum absolute atomic E-state index is 0.410. The molecule has 3 aromatic rings. The second-order valence-electron chi connectivity index (χ2n) is 10.1. The Kier molecular flexibility index (Phi) is 5.06. The fourth-order valence-corrected chi connectivity index (χ4v) is 3.67. The van der Waals surface area contributed by atoms with Crippen molar-refractivity contribution in [3.63, 3.8) is 0 Å². The van der Waals surface area contributed by atoms with Crippen LogP contribution in [0.25, 0.3) is 22.2 Å². The van der Waals surface area contributed by atoms with Crippen LogP contribution in [0, 0.1) is 0 Å². The Bertz CT molecular complexity index is 1110. The van der Waals surface area contributed by atoms with E-state index in [1.165, 1.54) is 0 Å². The topological polar surface area (TPSA) is 49.7 Å². The number of ether oxygens (including phenoxy) is 1. The van der Waals surface area contributed by atoms with Crippen molar-refractivity contribution in [2.45, 2.75) is 65.3 Å². The molecule has 0 saturated carbocycles. The number of hydrogen-bond acceptors (Lipinski definition) is 4. The summed E-state index contributed by atoms with van der Waals surface area (Å²) in [5, 5.41) is 0.949. The standard InChI is InChI=1S/C25H30BNO4/c1-23(2,3)29-22(28)27-20(17-11-9-8-10-12-17)15-18-13-14-19(16-21(18)27)26-30-24(4,5)25(6,7)31-26/h8-16H,1-7H3. The maximum Gasteiger partial charge on any atom is 0.494 e. The summed E-state index contributed by atoms with van der Waals surface area (Å²) < 4.78 is 19.8. The third kappa shape index (κ3) is 4.02. The molecule has 2 aromatic carbocycles. The third-order valence-electron chi connectivity index (χ3n) is 6.00. The molecule has 0 radical (unpaired) electrons. The normalized spacial score (nSPS) is 17.8. The minimum atomic E-state index is -0.606. The summed E-state index contributed by atoms with van der Waals surface area (Å²) in [5.74, 6) is 0. The summed E-state index contributed by atoms with van der Waals surface area (Å²) in [6, 6.07) is 17.8. The highest BCUT2D eigenvalue weighted by Crippen LogP contribution is 2.37. The smallest absolute Gasteiger partial charge is 0.443 e. The molecule has 0 unspecified atom stereocenters. The maximum atomic E-state index is 13.2. The monoisotopic (exact) mass is 419 g/mol. The Balaban J connectivity index is 1.85. The van der Waals surface area contributed by atoms with Gasteiger partial charge >= 0.3 is 13.2 Å². The average Bonchev–Trinajstić information content (AvgIpc) is 3.14. The maximum absolute atomic E-state index is 13.2. The van der Waals surface area contributed by atoms with E-state index in [2.05, 4.69) is 0 Å². The lowest BCUT2D eigenvalue weighted by molar-refractivity contribution is 0.00578. The van der Waals surface area contributed by atoms with Crippen molar-refractivity contribution in [2.75, 3.05) is 0 Å². The van der Waals surface area contributed by atoms with Gasteiger partial charge in [0.05, 0.1) is 22.4 Å². The number of carbonyl (C=O) groups excluding carboxylic acids is 1. The summed E-state index contributed by atoms with van der Waals surface area (Å²) >= 11 is 0. The van der Waals surface area contributed by atoms with E-state index in [-0.39, 0.29) is 0 Å². The van der Waals surface area contributed by atoms with Crippen LogP contribution in [-0.4, -0.2) is 34.6 Å². The van der Waals surface area contributed by atoms with Crippen LogP contribution in [0.2, 0.25) is 0 Å². The van der Waals surface area contributed by atoms with Gasteiger partial charge in [-0.2, -0.15) is 0 Å². The summed E-state index contributed by atoms with van der Waals surface area (Å²) in [6.07, 6.45) is -0.410. The SMILES string of the molecule is CC(C)(C)OC(=O)n1c(-c2ccccc2)cc2ccc(B3OC(C)(C)C(C)(C)O3)cc21. The Morgan fingerprint density at radius 2 is 1.55 bits per heavy atom. The molecule has 0 spiro atoms. The van der Waals surface area contributed by atoms with Gasteiger partial charge in [0.2, 0.25) is 0 Å². The number of rotatable bonds is 2. The summed E-state index contributed by atoms with van der Waals surface area (Å²) in [5.41, 5.74) is 1.89. The average molecular weight is 419 g/mol. The van der Waals surface area contributed by atoms with Gasteiger partial charge in [-0.25, -0.2) is 9.36 Å². The van der Waals surface area contributed by atoms with E-state index in [0.717, 1.165) is 27.6 Å². The molecule has 1 aliphatic rings. The van der Waals surface area contributed by atoms with Gasteiger partial charge in [0.15, 0.2) is 0 Å². The molecule has 1 aliphatic heterocycles. The van der Waals surface area contributed by atoms with Gasteiger partial charge in [-0.05, 0) is 71.6 Å². The van der Waals surface area contributed by atoms with E-state index in [9.17, 15) is 4.79 Å². The van der Waals surface area contributed by atoms with Crippen LogP contribution in [0.5, 0.6) is 0 Å². The number of aromatic nitrogens is 1. The van der Waals surface area contributed by atoms with Crippen molar-refractivity contribution in [3.05, 3.63) is 54.6 Å². The molecule has 0 amide bonds.